The van der Waals surface area contributed by atoms with Crippen molar-refractivity contribution in [3.05, 3.63) is 34.3 Å². The van der Waals surface area contributed by atoms with Gasteiger partial charge in [0.05, 0.1) is 0 Å². The van der Waals surface area contributed by atoms with Crippen LogP contribution in [0.5, 0.6) is 0 Å². The van der Waals surface area contributed by atoms with Crippen molar-refractivity contribution >= 4 is 15.9 Å². The van der Waals surface area contributed by atoms with Gasteiger partial charge in [-0.05, 0) is 61.6 Å². The highest BCUT2D eigenvalue weighted by Gasteiger charge is 2.28. The van der Waals surface area contributed by atoms with Gasteiger partial charge < -0.3 is 5.32 Å². The van der Waals surface area contributed by atoms with E-state index in [9.17, 15) is 0 Å². The van der Waals surface area contributed by atoms with Crippen molar-refractivity contribution in [1.29, 1.82) is 0 Å². The number of hydrogen-bond acceptors (Lipinski definition) is 1. The quantitative estimate of drug-likeness (QED) is 0.649. The van der Waals surface area contributed by atoms with E-state index in [1.807, 2.05) is 0 Å². The second-order valence-corrected chi connectivity index (χ2v) is 8.63. The second-order valence-electron chi connectivity index (χ2n) is 7.71. The molecule has 0 amide bonds. The van der Waals surface area contributed by atoms with Gasteiger partial charge in [-0.3, -0.25) is 0 Å². The Morgan fingerprint density at radius 1 is 1.14 bits per heavy atom. The molecule has 0 aromatic heterocycles. The lowest BCUT2D eigenvalue weighted by atomic mass is 9.76. The SMILES string of the molecule is C[C@H](NC1CCCC(C(C)(C)C)CC1)c1cccc(Br)c1. The van der Waals surface area contributed by atoms with Gasteiger partial charge in [-0.15, -0.1) is 0 Å². The first-order valence-electron chi connectivity index (χ1n) is 8.38. The second kappa shape index (κ2) is 7.28. The zero-order chi connectivity index (χ0) is 15.5. The Morgan fingerprint density at radius 3 is 2.57 bits per heavy atom. The molecule has 2 unspecified atom stereocenters. The number of halogens is 1. The third-order valence-electron chi connectivity index (χ3n) is 5.03. The van der Waals surface area contributed by atoms with E-state index in [0.29, 0.717) is 17.5 Å². The summed E-state index contributed by atoms with van der Waals surface area (Å²) < 4.78 is 1.17. The molecule has 1 aliphatic carbocycles. The lowest BCUT2D eigenvalue weighted by molar-refractivity contribution is 0.213. The predicted molar refractivity (Wildman–Crippen MR) is 95.5 cm³/mol. The van der Waals surface area contributed by atoms with Crippen molar-refractivity contribution < 1.29 is 0 Å². The minimum absolute atomic E-state index is 0.429. The Hall–Kier alpha value is -0.340. The average molecular weight is 352 g/mol. The van der Waals surface area contributed by atoms with E-state index in [1.54, 1.807) is 0 Å². The number of rotatable bonds is 3. The highest BCUT2D eigenvalue weighted by atomic mass is 79.9. The molecule has 3 atom stereocenters. The maximum absolute atomic E-state index is 3.85. The van der Waals surface area contributed by atoms with Crippen LogP contribution in [0.4, 0.5) is 0 Å². The Morgan fingerprint density at radius 2 is 1.90 bits per heavy atom. The van der Waals surface area contributed by atoms with E-state index >= 15 is 0 Å². The third-order valence-corrected chi connectivity index (χ3v) is 5.52. The minimum Gasteiger partial charge on any atom is -0.307 e. The lowest BCUT2D eigenvalue weighted by Crippen LogP contribution is -2.31. The zero-order valence-corrected chi connectivity index (χ0v) is 15.5. The topological polar surface area (TPSA) is 12.0 Å². The monoisotopic (exact) mass is 351 g/mol. The summed E-state index contributed by atoms with van der Waals surface area (Å²) in [6.07, 6.45) is 6.77. The van der Waals surface area contributed by atoms with Crippen LogP contribution in [0.1, 0.15) is 71.4 Å². The molecule has 1 saturated carbocycles. The van der Waals surface area contributed by atoms with Crippen molar-refractivity contribution in [2.45, 2.75) is 71.9 Å². The van der Waals surface area contributed by atoms with Crippen molar-refractivity contribution in [3.8, 4) is 0 Å². The highest BCUT2D eigenvalue weighted by molar-refractivity contribution is 9.10. The fourth-order valence-corrected chi connectivity index (χ4v) is 3.98. The molecule has 0 saturated heterocycles. The molecule has 0 bridgehead atoms. The van der Waals surface area contributed by atoms with E-state index in [4.69, 9.17) is 0 Å². The molecular formula is C19H30BrN. The van der Waals surface area contributed by atoms with Crippen molar-refractivity contribution in [1.82, 2.24) is 5.32 Å². The van der Waals surface area contributed by atoms with Gasteiger partial charge >= 0.3 is 0 Å². The van der Waals surface area contributed by atoms with Crippen LogP contribution >= 0.6 is 15.9 Å². The summed E-state index contributed by atoms with van der Waals surface area (Å²) >= 11 is 3.57. The summed E-state index contributed by atoms with van der Waals surface area (Å²) in [6, 6.07) is 9.77. The first kappa shape index (κ1) is 17.0. The molecule has 1 aromatic rings. The largest absolute Gasteiger partial charge is 0.307 e. The van der Waals surface area contributed by atoms with Crippen LogP contribution in [-0.4, -0.2) is 6.04 Å². The van der Waals surface area contributed by atoms with E-state index in [0.717, 1.165) is 5.92 Å². The first-order valence-corrected chi connectivity index (χ1v) is 9.17. The van der Waals surface area contributed by atoms with Crippen molar-refractivity contribution in [2.75, 3.05) is 0 Å². The molecule has 2 heteroatoms. The minimum atomic E-state index is 0.429. The summed E-state index contributed by atoms with van der Waals surface area (Å²) in [5, 5.41) is 3.85. The Kier molecular flexibility index (Phi) is 5.90. The van der Waals surface area contributed by atoms with Crippen LogP contribution in [0, 0.1) is 11.3 Å². The van der Waals surface area contributed by atoms with Crippen LogP contribution in [-0.2, 0) is 0 Å². The van der Waals surface area contributed by atoms with E-state index in [-0.39, 0.29) is 0 Å². The number of hydrogen-bond donors (Lipinski definition) is 1. The summed E-state index contributed by atoms with van der Waals surface area (Å²) in [5.74, 6) is 0.880. The maximum atomic E-state index is 3.85. The van der Waals surface area contributed by atoms with Gasteiger partial charge in [-0.1, -0.05) is 55.3 Å². The third kappa shape index (κ3) is 5.10. The maximum Gasteiger partial charge on any atom is 0.0294 e. The first-order chi connectivity index (χ1) is 9.86. The van der Waals surface area contributed by atoms with Gasteiger partial charge in [0, 0.05) is 16.6 Å². The van der Waals surface area contributed by atoms with Gasteiger partial charge in [0.1, 0.15) is 0 Å². The summed E-state index contributed by atoms with van der Waals surface area (Å²) in [6.45, 7) is 9.48. The average Bonchev–Trinajstić information content (AvgIpc) is 2.64. The van der Waals surface area contributed by atoms with Crippen LogP contribution in [0.15, 0.2) is 28.7 Å². The lowest BCUT2D eigenvalue weighted by Gasteiger charge is -2.30. The van der Waals surface area contributed by atoms with Gasteiger partial charge in [0.2, 0.25) is 0 Å². The van der Waals surface area contributed by atoms with Crippen LogP contribution in [0.2, 0.25) is 0 Å². The zero-order valence-electron chi connectivity index (χ0n) is 14.0. The molecule has 2 rings (SSSR count). The molecule has 1 aliphatic rings. The molecule has 1 nitrogen and oxygen atoms in total. The summed E-state index contributed by atoms with van der Waals surface area (Å²) in [4.78, 5) is 0. The van der Waals surface area contributed by atoms with Gasteiger partial charge in [-0.2, -0.15) is 0 Å². The molecule has 118 valence electrons. The van der Waals surface area contributed by atoms with E-state index in [2.05, 4.69) is 73.2 Å². The fraction of sp³-hybridized carbons (Fsp3) is 0.684. The van der Waals surface area contributed by atoms with Crippen LogP contribution < -0.4 is 5.32 Å². The van der Waals surface area contributed by atoms with Crippen LogP contribution in [0.3, 0.4) is 0 Å². The molecule has 21 heavy (non-hydrogen) atoms. The van der Waals surface area contributed by atoms with Crippen molar-refractivity contribution in [2.24, 2.45) is 11.3 Å². The van der Waals surface area contributed by atoms with Gasteiger partial charge in [-0.25, -0.2) is 0 Å². The molecule has 0 aliphatic heterocycles. The normalized spacial score (nSPS) is 25.4. The Labute approximate surface area is 139 Å². The van der Waals surface area contributed by atoms with Crippen molar-refractivity contribution in [3.63, 3.8) is 0 Å². The highest BCUT2D eigenvalue weighted by Crippen LogP contribution is 2.37. The summed E-state index contributed by atoms with van der Waals surface area (Å²) in [7, 11) is 0. The Bertz CT molecular complexity index is 449. The molecule has 1 aromatic carbocycles. The standard InChI is InChI=1S/C19H30BrN/c1-14(15-7-5-9-17(20)13-15)21-18-10-6-8-16(11-12-18)19(2,3)4/h5,7,9,13-14,16,18,21H,6,8,10-12H2,1-4H3/t14-,16?,18?/m0/s1. The number of nitrogens with one attached hydrogen (secondary N) is 1. The number of benzene rings is 1. The van der Waals surface area contributed by atoms with E-state index in [1.165, 1.54) is 42.1 Å². The van der Waals surface area contributed by atoms with E-state index < -0.39 is 0 Å². The smallest absolute Gasteiger partial charge is 0.0294 e. The molecule has 0 spiro atoms. The Balaban J connectivity index is 1.91. The van der Waals surface area contributed by atoms with Gasteiger partial charge in [0.15, 0.2) is 0 Å². The molecule has 1 fully saturated rings. The predicted octanol–water partition coefficient (Wildman–Crippen LogP) is 6.09. The fourth-order valence-electron chi connectivity index (χ4n) is 3.56. The molecule has 0 radical (unpaired) electrons. The molecule has 0 heterocycles. The van der Waals surface area contributed by atoms with Gasteiger partial charge in [0.25, 0.3) is 0 Å². The molecular weight excluding hydrogens is 322 g/mol. The van der Waals surface area contributed by atoms with Crippen LogP contribution in [0.25, 0.3) is 0 Å². The summed E-state index contributed by atoms with van der Waals surface area (Å²) in [5.41, 5.74) is 1.84. The molecule has 1 N–H and O–H groups in total.